The highest BCUT2D eigenvalue weighted by Gasteiger charge is 2.55. The van der Waals surface area contributed by atoms with Gasteiger partial charge in [0.1, 0.15) is 0 Å². The van der Waals surface area contributed by atoms with Gasteiger partial charge in [-0.1, -0.05) is 47.5 Å². The van der Waals surface area contributed by atoms with Gasteiger partial charge in [0.25, 0.3) is 0 Å². The lowest BCUT2D eigenvalue weighted by Crippen LogP contribution is -2.54. The molecule has 2 aromatic carbocycles. The van der Waals surface area contributed by atoms with Gasteiger partial charge in [0, 0.05) is 22.0 Å². The predicted octanol–water partition coefficient (Wildman–Crippen LogP) is 6.83. The number of halogens is 2. The summed E-state index contributed by atoms with van der Waals surface area (Å²) in [4.78, 5) is 11.7. The lowest BCUT2D eigenvalue weighted by molar-refractivity contribution is -0.138. The molecule has 8 heteroatoms. The maximum atomic E-state index is 11.7. The van der Waals surface area contributed by atoms with Gasteiger partial charge in [-0.3, -0.25) is 13.9 Å². The summed E-state index contributed by atoms with van der Waals surface area (Å²) in [6.07, 6.45) is -0.0541. The molecule has 0 saturated carbocycles. The topological polar surface area (TPSA) is 81.0 Å². The van der Waals surface area contributed by atoms with E-state index in [2.05, 4.69) is 0 Å². The molecule has 0 bridgehead atoms. The van der Waals surface area contributed by atoms with E-state index in [-0.39, 0.29) is 24.4 Å². The number of carbonyl (C=O) groups is 1. The Morgan fingerprint density at radius 1 is 1.13 bits per heavy atom. The molecule has 3 rings (SSSR count). The summed E-state index contributed by atoms with van der Waals surface area (Å²) >= 11 is 12.4. The standard InChI is InChI=1S/C22H27Cl2NO4S/c1-14(2)25-21(15-7-9-17(23)10-8-15)19(16-5-4-6-18(24)11-16)12-22(3,13-20(26)27)30(25,28)29/h4-11,14,19,21,28-29H,12-13H2,1-3H3,(H,26,27)/t19-,21-,22-/m1/s1. The first-order valence-electron chi connectivity index (χ1n) is 9.75. The Labute approximate surface area is 189 Å². The Morgan fingerprint density at radius 2 is 1.77 bits per heavy atom. The predicted molar refractivity (Wildman–Crippen MR) is 123 cm³/mol. The lowest BCUT2D eigenvalue weighted by atomic mass is 9.79. The van der Waals surface area contributed by atoms with E-state index in [9.17, 15) is 19.0 Å². The van der Waals surface area contributed by atoms with E-state index >= 15 is 0 Å². The normalized spacial score (nSPS) is 27.7. The smallest absolute Gasteiger partial charge is 0.305 e. The summed E-state index contributed by atoms with van der Waals surface area (Å²) in [5.74, 6) is -1.26. The van der Waals surface area contributed by atoms with Gasteiger partial charge in [-0.15, -0.1) is 10.8 Å². The molecule has 1 fully saturated rings. The van der Waals surface area contributed by atoms with Crippen LogP contribution in [0.1, 0.15) is 56.7 Å². The van der Waals surface area contributed by atoms with Crippen LogP contribution in [-0.2, 0) is 4.79 Å². The van der Waals surface area contributed by atoms with E-state index in [1.165, 1.54) is 0 Å². The first kappa shape index (κ1) is 23.4. The summed E-state index contributed by atoms with van der Waals surface area (Å²) in [5.41, 5.74) is 1.81. The van der Waals surface area contributed by atoms with E-state index in [4.69, 9.17) is 23.2 Å². The highest BCUT2D eigenvalue weighted by atomic mass is 35.5. The van der Waals surface area contributed by atoms with Crippen LogP contribution in [0.4, 0.5) is 0 Å². The third-order valence-electron chi connectivity index (χ3n) is 5.78. The van der Waals surface area contributed by atoms with Gasteiger partial charge < -0.3 is 5.11 Å². The van der Waals surface area contributed by atoms with E-state index in [1.54, 1.807) is 29.4 Å². The van der Waals surface area contributed by atoms with Gasteiger partial charge in [-0.2, -0.15) is 4.31 Å². The van der Waals surface area contributed by atoms with Gasteiger partial charge in [-0.05, 0) is 62.6 Å². The van der Waals surface area contributed by atoms with Crippen LogP contribution < -0.4 is 0 Å². The summed E-state index contributed by atoms with van der Waals surface area (Å²) in [6.45, 7) is 5.43. The van der Waals surface area contributed by atoms with Gasteiger partial charge in [0.15, 0.2) is 0 Å². The van der Waals surface area contributed by atoms with Crippen LogP contribution in [-0.4, -0.2) is 35.3 Å². The number of benzene rings is 2. The van der Waals surface area contributed by atoms with Crippen molar-refractivity contribution in [2.45, 2.75) is 56.4 Å². The minimum absolute atomic E-state index is 0.198. The molecule has 0 radical (unpaired) electrons. The molecule has 0 spiro atoms. The molecule has 1 saturated heterocycles. The fourth-order valence-electron chi connectivity index (χ4n) is 4.46. The number of rotatable bonds is 5. The minimum Gasteiger partial charge on any atom is -0.481 e. The first-order chi connectivity index (χ1) is 14.0. The summed E-state index contributed by atoms with van der Waals surface area (Å²) in [7, 11) is -3.43. The number of carboxylic acids is 1. The number of carboxylic acid groups (broad SMARTS) is 1. The molecule has 2 aromatic rings. The van der Waals surface area contributed by atoms with Crippen molar-refractivity contribution in [3.63, 3.8) is 0 Å². The van der Waals surface area contributed by atoms with Gasteiger partial charge >= 0.3 is 5.97 Å². The minimum atomic E-state index is -3.43. The largest absolute Gasteiger partial charge is 0.481 e. The molecule has 1 heterocycles. The highest BCUT2D eigenvalue weighted by Crippen LogP contribution is 2.69. The molecule has 30 heavy (non-hydrogen) atoms. The molecule has 3 N–H and O–H groups in total. The molecular weight excluding hydrogens is 445 g/mol. The Kier molecular flexibility index (Phi) is 6.77. The molecule has 0 amide bonds. The van der Waals surface area contributed by atoms with E-state index < -0.39 is 21.5 Å². The zero-order valence-corrected chi connectivity index (χ0v) is 19.5. The fraction of sp³-hybridized carbons (Fsp3) is 0.409. The molecule has 5 nitrogen and oxygen atoms in total. The van der Waals surface area contributed by atoms with Crippen LogP contribution in [0.5, 0.6) is 0 Å². The Balaban J connectivity index is 2.23. The van der Waals surface area contributed by atoms with Crippen LogP contribution >= 0.6 is 34.0 Å². The van der Waals surface area contributed by atoms with Crippen molar-refractivity contribution >= 4 is 39.9 Å². The maximum Gasteiger partial charge on any atom is 0.305 e. The van der Waals surface area contributed by atoms with Crippen molar-refractivity contribution in [2.75, 3.05) is 0 Å². The molecular formula is C22H27Cl2NO4S. The van der Waals surface area contributed by atoms with E-state index in [0.717, 1.165) is 11.1 Å². The second kappa shape index (κ2) is 8.69. The summed E-state index contributed by atoms with van der Waals surface area (Å²) in [6, 6.07) is 14.2. The molecule has 1 aliphatic heterocycles. The van der Waals surface area contributed by atoms with Crippen molar-refractivity contribution in [3.05, 3.63) is 69.7 Å². The first-order valence-corrected chi connectivity index (χ1v) is 12.0. The third kappa shape index (κ3) is 4.35. The molecule has 3 atom stereocenters. The molecule has 0 unspecified atom stereocenters. The molecule has 0 aliphatic carbocycles. The second-order valence-electron chi connectivity index (χ2n) is 8.35. The van der Waals surface area contributed by atoms with E-state index in [0.29, 0.717) is 16.5 Å². The number of hydrogen-bond donors (Lipinski definition) is 3. The van der Waals surface area contributed by atoms with E-state index in [1.807, 2.05) is 44.2 Å². The average Bonchev–Trinajstić information content (AvgIpc) is 2.63. The van der Waals surface area contributed by atoms with Crippen LogP contribution in [0.25, 0.3) is 0 Å². The van der Waals surface area contributed by atoms with Crippen molar-refractivity contribution in [3.8, 4) is 0 Å². The number of hydrogen-bond acceptors (Lipinski definition) is 4. The zero-order valence-electron chi connectivity index (χ0n) is 17.1. The fourth-order valence-corrected chi connectivity index (χ4v) is 7.19. The van der Waals surface area contributed by atoms with Crippen LogP contribution in [0, 0.1) is 0 Å². The Morgan fingerprint density at radius 3 is 2.30 bits per heavy atom. The van der Waals surface area contributed by atoms with Gasteiger partial charge in [-0.25, -0.2) is 0 Å². The maximum absolute atomic E-state index is 11.7. The molecule has 0 aromatic heterocycles. The van der Waals surface area contributed by atoms with Crippen LogP contribution in [0.3, 0.4) is 0 Å². The molecule has 1 aliphatic rings. The third-order valence-corrected chi connectivity index (χ3v) is 9.14. The SMILES string of the molecule is CC(C)N1[C@H](c2ccc(Cl)cc2)[C@@H](c2cccc(Cl)c2)C[C@](C)(CC(=O)O)S1(O)O. The average molecular weight is 472 g/mol. The van der Waals surface area contributed by atoms with Crippen LogP contribution in [0.15, 0.2) is 48.5 Å². The second-order valence-corrected chi connectivity index (χ2v) is 11.7. The summed E-state index contributed by atoms with van der Waals surface area (Å²) in [5, 5.41) is 10.7. The quantitative estimate of drug-likeness (QED) is 0.444. The Bertz CT molecular complexity index is 922. The Hall–Kier alpha value is -1.28. The van der Waals surface area contributed by atoms with Crippen molar-refractivity contribution in [2.24, 2.45) is 0 Å². The van der Waals surface area contributed by atoms with Gasteiger partial charge in [0.2, 0.25) is 0 Å². The van der Waals surface area contributed by atoms with Crippen molar-refractivity contribution < 1.29 is 19.0 Å². The van der Waals surface area contributed by atoms with Crippen LogP contribution in [0.2, 0.25) is 10.0 Å². The number of aliphatic carboxylic acids is 1. The van der Waals surface area contributed by atoms with Crippen molar-refractivity contribution in [1.29, 1.82) is 0 Å². The van der Waals surface area contributed by atoms with Crippen molar-refractivity contribution in [1.82, 2.24) is 4.31 Å². The zero-order chi connectivity index (χ0) is 22.3. The highest BCUT2D eigenvalue weighted by molar-refractivity contribution is 8.23. The summed E-state index contributed by atoms with van der Waals surface area (Å²) < 4.78 is 23.3. The molecule has 164 valence electrons. The monoisotopic (exact) mass is 471 g/mol. The number of nitrogens with zero attached hydrogens (tertiary/aromatic N) is 1. The lowest BCUT2D eigenvalue weighted by Gasteiger charge is -2.63. The van der Waals surface area contributed by atoms with Gasteiger partial charge in [0.05, 0.1) is 17.2 Å².